The molecule has 2 N–H and O–H groups in total. The molecule has 7 nitrogen and oxygen atoms in total. The van der Waals surface area contributed by atoms with E-state index in [1.165, 1.54) is 14.2 Å². The number of ether oxygens (including phenoxy) is 2. The number of benzene rings is 2. The maximum absolute atomic E-state index is 12.6. The lowest BCUT2D eigenvalue weighted by Crippen LogP contribution is -2.24. The van der Waals surface area contributed by atoms with Crippen LogP contribution in [0.3, 0.4) is 0 Å². The maximum atomic E-state index is 12.6. The Morgan fingerprint density at radius 1 is 1.19 bits per heavy atom. The third-order valence-corrected chi connectivity index (χ3v) is 4.30. The third-order valence-electron chi connectivity index (χ3n) is 4.02. The average molecular weight is 384 g/mol. The number of carbonyl (C=O) groups excluding carboxylic acids is 1. The zero-order valence-electron chi connectivity index (χ0n) is 15.3. The van der Waals surface area contributed by atoms with Gasteiger partial charge in [-0.25, -0.2) is 0 Å². The monoisotopic (exact) mass is 384 g/mol. The lowest BCUT2D eigenvalue weighted by atomic mass is 10.2. The van der Waals surface area contributed by atoms with Crippen molar-refractivity contribution in [2.24, 2.45) is 0 Å². The van der Waals surface area contributed by atoms with Crippen molar-refractivity contribution < 1.29 is 14.3 Å². The first kappa shape index (κ1) is 18.7. The van der Waals surface area contributed by atoms with Crippen LogP contribution in [0.2, 0.25) is 0 Å². The SMILES string of the molecule is COc1cc(OC)cc(C(=O)NCc2n[nH]c(=S)n2-c2cccc(C)c2)c1. The smallest absolute Gasteiger partial charge is 0.251 e. The molecular formula is C19H20N4O3S. The van der Waals surface area contributed by atoms with Gasteiger partial charge in [0.05, 0.1) is 20.8 Å². The summed E-state index contributed by atoms with van der Waals surface area (Å²) in [5, 5.41) is 9.87. The summed E-state index contributed by atoms with van der Waals surface area (Å²) in [4.78, 5) is 12.6. The number of hydrogen-bond donors (Lipinski definition) is 2. The van der Waals surface area contributed by atoms with Gasteiger partial charge in [-0.15, -0.1) is 0 Å². The van der Waals surface area contributed by atoms with E-state index < -0.39 is 0 Å². The molecule has 0 aliphatic carbocycles. The number of aryl methyl sites for hydroxylation is 1. The Morgan fingerprint density at radius 3 is 2.52 bits per heavy atom. The van der Waals surface area contributed by atoms with E-state index in [0.717, 1.165) is 11.3 Å². The van der Waals surface area contributed by atoms with Crippen LogP contribution in [0, 0.1) is 11.7 Å². The number of rotatable bonds is 6. The van der Waals surface area contributed by atoms with Crippen LogP contribution in [0.1, 0.15) is 21.7 Å². The van der Waals surface area contributed by atoms with Crippen molar-refractivity contribution in [1.29, 1.82) is 0 Å². The van der Waals surface area contributed by atoms with Crippen LogP contribution in [0.4, 0.5) is 0 Å². The molecule has 3 rings (SSSR count). The highest BCUT2D eigenvalue weighted by Gasteiger charge is 2.13. The minimum Gasteiger partial charge on any atom is -0.497 e. The summed E-state index contributed by atoms with van der Waals surface area (Å²) in [5.41, 5.74) is 2.43. The molecule has 27 heavy (non-hydrogen) atoms. The van der Waals surface area contributed by atoms with Crippen LogP contribution in [-0.4, -0.2) is 34.9 Å². The zero-order chi connectivity index (χ0) is 19.4. The van der Waals surface area contributed by atoms with Gasteiger partial charge in [0.1, 0.15) is 11.5 Å². The second-order valence-corrected chi connectivity index (χ2v) is 6.29. The van der Waals surface area contributed by atoms with E-state index in [1.807, 2.05) is 31.2 Å². The number of hydrogen-bond acceptors (Lipinski definition) is 5. The van der Waals surface area contributed by atoms with Crippen molar-refractivity contribution in [3.8, 4) is 17.2 Å². The quantitative estimate of drug-likeness (QED) is 0.638. The molecule has 2 aromatic carbocycles. The van der Waals surface area contributed by atoms with Crippen LogP contribution < -0.4 is 14.8 Å². The molecule has 0 aliphatic rings. The molecule has 0 spiro atoms. The van der Waals surface area contributed by atoms with E-state index in [-0.39, 0.29) is 12.5 Å². The van der Waals surface area contributed by atoms with E-state index >= 15 is 0 Å². The molecule has 0 fully saturated rings. The summed E-state index contributed by atoms with van der Waals surface area (Å²) in [7, 11) is 3.08. The first-order chi connectivity index (χ1) is 13.0. The minimum atomic E-state index is -0.267. The van der Waals surface area contributed by atoms with Gasteiger partial charge in [0.2, 0.25) is 0 Å². The Bertz CT molecular complexity index is 1000. The number of methoxy groups -OCH3 is 2. The molecule has 140 valence electrons. The van der Waals surface area contributed by atoms with Gasteiger partial charge in [-0.2, -0.15) is 5.10 Å². The Kier molecular flexibility index (Phi) is 5.56. The fourth-order valence-electron chi connectivity index (χ4n) is 2.68. The van der Waals surface area contributed by atoms with Crippen molar-refractivity contribution in [2.45, 2.75) is 13.5 Å². The Morgan fingerprint density at radius 2 is 1.89 bits per heavy atom. The van der Waals surface area contributed by atoms with Crippen LogP contribution in [0.25, 0.3) is 5.69 Å². The number of aromatic amines is 1. The highest BCUT2D eigenvalue weighted by molar-refractivity contribution is 7.71. The van der Waals surface area contributed by atoms with Gasteiger partial charge in [0.25, 0.3) is 5.91 Å². The van der Waals surface area contributed by atoms with E-state index in [9.17, 15) is 4.79 Å². The van der Waals surface area contributed by atoms with Gasteiger partial charge >= 0.3 is 0 Å². The van der Waals surface area contributed by atoms with E-state index in [4.69, 9.17) is 21.7 Å². The molecule has 8 heteroatoms. The standard InChI is InChI=1S/C19H20N4O3S/c1-12-5-4-6-14(7-12)23-17(21-22-19(23)27)11-20-18(24)13-8-15(25-2)10-16(9-13)26-3/h4-10H,11H2,1-3H3,(H,20,24)(H,22,27). The molecule has 1 heterocycles. The van der Waals surface area contributed by atoms with Crippen molar-refractivity contribution in [1.82, 2.24) is 20.1 Å². The van der Waals surface area contributed by atoms with Crippen molar-refractivity contribution >= 4 is 18.1 Å². The molecule has 1 aromatic heterocycles. The molecule has 0 bridgehead atoms. The van der Waals surface area contributed by atoms with Gasteiger partial charge in [-0.05, 0) is 49.0 Å². The molecule has 3 aromatic rings. The van der Waals surface area contributed by atoms with E-state index in [0.29, 0.717) is 27.7 Å². The van der Waals surface area contributed by atoms with Crippen LogP contribution in [0.15, 0.2) is 42.5 Å². The second-order valence-electron chi connectivity index (χ2n) is 5.90. The second kappa shape index (κ2) is 8.05. The normalized spacial score (nSPS) is 10.5. The summed E-state index contributed by atoms with van der Waals surface area (Å²) >= 11 is 5.34. The van der Waals surface area contributed by atoms with Gasteiger partial charge in [0.15, 0.2) is 10.6 Å². The van der Waals surface area contributed by atoms with Crippen molar-refractivity contribution in [2.75, 3.05) is 14.2 Å². The van der Waals surface area contributed by atoms with Gasteiger partial charge in [-0.3, -0.25) is 14.5 Å². The van der Waals surface area contributed by atoms with Gasteiger partial charge in [0, 0.05) is 17.3 Å². The molecule has 0 saturated heterocycles. The van der Waals surface area contributed by atoms with E-state index in [2.05, 4.69) is 15.5 Å². The first-order valence-corrected chi connectivity index (χ1v) is 8.67. The Labute approximate surface area is 161 Å². The molecule has 0 radical (unpaired) electrons. The predicted octanol–water partition coefficient (Wildman–Crippen LogP) is 3.19. The molecule has 0 aliphatic heterocycles. The number of H-pyrrole nitrogens is 1. The molecule has 0 saturated carbocycles. The lowest BCUT2D eigenvalue weighted by Gasteiger charge is -2.10. The molecule has 0 unspecified atom stereocenters. The summed E-state index contributed by atoms with van der Waals surface area (Å²) < 4.78 is 12.7. The number of nitrogens with one attached hydrogen (secondary N) is 2. The fourth-order valence-corrected chi connectivity index (χ4v) is 2.94. The number of amides is 1. The number of nitrogens with zero attached hydrogens (tertiary/aromatic N) is 2. The summed E-state index contributed by atoms with van der Waals surface area (Å²) in [6, 6.07) is 12.9. The highest BCUT2D eigenvalue weighted by Crippen LogP contribution is 2.22. The van der Waals surface area contributed by atoms with Crippen LogP contribution in [-0.2, 0) is 6.54 Å². The molecule has 1 amide bonds. The topological polar surface area (TPSA) is 81.2 Å². The minimum absolute atomic E-state index is 0.208. The van der Waals surface area contributed by atoms with Crippen molar-refractivity contribution in [3.05, 3.63) is 64.2 Å². The highest BCUT2D eigenvalue weighted by atomic mass is 32.1. The van der Waals surface area contributed by atoms with Crippen molar-refractivity contribution in [3.63, 3.8) is 0 Å². The Balaban J connectivity index is 1.82. The van der Waals surface area contributed by atoms with Crippen LogP contribution in [0.5, 0.6) is 11.5 Å². The third kappa shape index (κ3) is 4.17. The summed E-state index contributed by atoms with van der Waals surface area (Å²) in [5.74, 6) is 1.43. The molecular weight excluding hydrogens is 364 g/mol. The number of carbonyl (C=O) groups is 1. The lowest BCUT2D eigenvalue weighted by molar-refractivity contribution is 0.0949. The van der Waals surface area contributed by atoms with Gasteiger partial charge < -0.3 is 14.8 Å². The maximum Gasteiger partial charge on any atom is 0.251 e. The average Bonchev–Trinajstić information content (AvgIpc) is 3.06. The summed E-state index contributed by atoms with van der Waals surface area (Å²) in [6.07, 6.45) is 0. The Hall–Kier alpha value is -3.13. The molecule has 0 atom stereocenters. The largest absolute Gasteiger partial charge is 0.497 e. The van der Waals surface area contributed by atoms with E-state index in [1.54, 1.807) is 22.8 Å². The van der Waals surface area contributed by atoms with Gasteiger partial charge in [-0.1, -0.05) is 12.1 Å². The van der Waals surface area contributed by atoms with Crippen LogP contribution >= 0.6 is 12.2 Å². The summed E-state index contributed by atoms with van der Waals surface area (Å²) in [6.45, 7) is 2.21. The zero-order valence-corrected chi connectivity index (χ0v) is 16.1. The predicted molar refractivity (Wildman–Crippen MR) is 104 cm³/mol. The number of aromatic nitrogens is 3. The fraction of sp³-hybridized carbons (Fsp3) is 0.211. The first-order valence-electron chi connectivity index (χ1n) is 8.26.